The maximum Gasteiger partial charge on any atom is 0.406 e. The minimum absolute atomic E-state index is 0.166. The SMILES string of the molecule is CC1(C)Cc2ccc(Cl)cc2C1NC1(C(F)(F)F)CC1. The fourth-order valence-electron chi connectivity index (χ4n) is 3.19. The largest absolute Gasteiger partial charge is 0.406 e. The zero-order valence-corrected chi connectivity index (χ0v) is 12.2. The van der Waals surface area contributed by atoms with Gasteiger partial charge in [-0.05, 0) is 47.9 Å². The second-order valence-corrected chi connectivity index (χ2v) is 7.10. The Kier molecular flexibility index (Phi) is 2.94. The molecule has 1 nitrogen and oxygen atoms in total. The molecule has 5 heteroatoms. The molecule has 0 radical (unpaired) electrons. The van der Waals surface area contributed by atoms with Crippen molar-refractivity contribution in [3.63, 3.8) is 0 Å². The molecular weight excluding hydrogens is 287 g/mol. The molecule has 0 heterocycles. The van der Waals surface area contributed by atoms with E-state index < -0.39 is 11.7 Å². The van der Waals surface area contributed by atoms with E-state index in [1.807, 2.05) is 19.9 Å². The number of benzene rings is 1. The van der Waals surface area contributed by atoms with Crippen LogP contribution in [0.1, 0.15) is 43.9 Å². The Morgan fingerprint density at radius 3 is 2.45 bits per heavy atom. The molecule has 1 unspecified atom stereocenters. The summed E-state index contributed by atoms with van der Waals surface area (Å²) >= 11 is 6.01. The number of fused-ring (bicyclic) bond motifs is 1. The maximum absolute atomic E-state index is 13.2. The van der Waals surface area contributed by atoms with Crippen molar-refractivity contribution < 1.29 is 13.2 Å². The van der Waals surface area contributed by atoms with E-state index in [0.29, 0.717) is 5.02 Å². The number of halogens is 4. The van der Waals surface area contributed by atoms with Crippen molar-refractivity contribution in [3.8, 4) is 0 Å². The van der Waals surface area contributed by atoms with E-state index in [1.54, 1.807) is 12.1 Å². The van der Waals surface area contributed by atoms with E-state index >= 15 is 0 Å². The molecule has 0 spiro atoms. The Hall–Kier alpha value is -0.740. The van der Waals surface area contributed by atoms with Crippen LogP contribution < -0.4 is 5.32 Å². The van der Waals surface area contributed by atoms with Gasteiger partial charge in [0, 0.05) is 11.1 Å². The van der Waals surface area contributed by atoms with E-state index in [0.717, 1.165) is 17.5 Å². The lowest BCUT2D eigenvalue weighted by atomic mass is 9.84. The molecule has 1 N–H and O–H groups in total. The minimum Gasteiger partial charge on any atom is -0.296 e. The minimum atomic E-state index is -4.19. The van der Waals surface area contributed by atoms with Crippen LogP contribution in [0, 0.1) is 5.41 Å². The Labute approximate surface area is 121 Å². The molecule has 0 aromatic heterocycles. The van der Waals surface area contributed by atoms with Gasteiger partial charge in [0.25, 0.3) is 0 Å². The third-order valence-electron chi connectivity index (χ3n) is 4.56. The van der Waals surface area contributed by atoms with Gasteiger partial charge in [-0.2, -0.15) is 13.2 Å². The van der Waals surface area contributed by atoms with Gasteiger partial charge in [0.2, 0.25) is 0 Å². The third-order valence-corrected chi connectivity index (χ3v) is 4.79. The van der Waals surface area contributed by atoms with Gasteiger partial charge in [0.15, 0.2) is 0 Å². The van der Waals surface area contributed by atoms with Gasteiger partial charge < -0.3 is 0 Å². The van der Waals surface area contributed by atoms with Crippen molar-refractivity contribution in [3.05, 3.63) is 34.3 Å². The van der Waals surface area contributed by atoms with Crippen LogP contribution >= 0.6 is 11.6 Å². The van der Waals surface area contributed by atoms with E-state index in [9.17, 15) is 13.2 Å². The summed E-state index contributed by atoms with van der Waals surface area (Å²) in [6.45, 7) is 4.01. The van der Waals surface area contributed by atoms with Crippen LogP contribution in [-0.4, -0.2) is 11.7 Å². The number of alkyl halides is 3. The van der Waals surface area contributed by atoms with E-state index in [2.05, 4.69) is 5.32 Å². The standard InChI is InChI=1S/C15H17ClF3N/c1-13(2)8-9-3-4-10(16)7-11(9)12(13)20-14(5-6-14)15(17,18)19/h3-4,7,12,20H,5-6,8H2,1-2H3. The molecule has 0 aliphatic heterocycles. The van der Waals surface area contributed by atoms with E-state index in [4.69, 9.17) is 11.6 Å². The maximum atomic E-state index is 13.2. The predicted molar refractivity (Wildman–Crippen MR) is 72.8 cm³/mol. The summed E-state index contributed by atoms with van der Waals surface area (Å²) in [5.41, 5.74) is 0.0695. The lowest BCUT2D eigenvalue weighted by Gasteiger charge is -2.33. The highest BCUT2D eigenvalue weighted by Crippen LogP contribution is 2.54. The van der Waals surface area contributed by atoms with Crippen molar-refractivity contribution in [2.45, 2.75) is 50.9 Å². The summed E-state index contributed by atoms with van der Waals surface area (Å²) in [5.74, 6) is 0. The molecule has 20 heavy (non-hydrogen) atoms. The molecular formula is C15H17ClF3N. The zero-order valence-electron chi connectivity index (χ0n) is 11.4. The van der Waals surface area contributed by atoms with Crippen LogP contribution in [0.5, 0.6) is 0 Å². The summed E-state index contributed by atoms with van der Waals surface area (Å²) in [7, 11) is 0. The van der Waals surface area contributed by atoms with Crippen molar-refractivity contribution >= 4 is 11.6 Å². The number of nitrogens with one attached hydrogen (secondary N) is 1. The third kappa shape index (κ3) is 2.13. The molecule has 1 aromatic carbocycles. The van der Waals surface area contributed by atoms with Gasteiger partial charge in [-0.15, -0.1) is 0 Å². The lowest BCUT2D eigenvalue weighted by molar-refractivity contribution is -0.169. The Morgan fingerprint density at radius 2 is 1.90 bits per heavy atom. The Balaban J connectivity index is 1.95. The zero-order chi connectivity index (χ0) is 14.8. The molecule has 0 amide bonds. The van der Waals surface area contributed by atoms with Gasteiger partial charge in [-0.25, -0.2) is 0 Å². The van der Waals surface area contributed by atoms with E-state index in [-0.39, 0.29) is 24.3 Å². The first-order valence-electron chi connectivity index (χ1n) is 6.77. The van der Waals surface area contributed by atoms with Gasteiger partial charge in [0.05, 0.1) is 0 Å². The van der Waals surface area contributed by atoms with Crippen molar-refractivity contribution in [1.82, 2.24) is 5.32 Å². The van der Waals surface area contributed by atoms with Gasteiger partial charge in [0.1, 0.15) is 5.54 Å². The highest BCUT2D eigenvalue weighted by Gasteiger charge is 2.65. The molecule has 1 aromatic rings. The first-order chi connectivity index (χ1) is 9.15. The summed E-state index contributed by atoms with van der Waals surface area (Å²) in [6.07, 6.45) is -3.09. The van der Waals surface area contributed by atoms with Gasteiger partial charge in [-0.1, -0.05) is 31.5 Å². The molecule has 1 atom stereocenters. The van der Waals surface area contributed by atoms with Crippen LogP contribution in [-0.2, 0) is 6.42 Å². The highest BCUT2D eigenvalue weighted by atomic mass is 35.5. The molecule has 3 rings (SSSR count). The molecule has 0 bridgehead atoms. The monoisotopic (exact) mass is 303 g/mol. The van der Waals surface area contributed by atoms with Crippen LogP contribution in [0.4, 0.5) is 13.2 Å². The van der Waals surface area contributed by atoms with Crippen LogP contribution in [0.2, 0.25) is 5.02 Å². The van der Waals surface area contributed by atoms with Crippen LogP contribution in [0.3, 0.4) is 0 Å². The molecule has 0 saturated heterocycles. The summed E-state index contributed by atoms with van der Waals surface area (Å²) in [6, 6.07) is 5.22. The molecule has 2 aliphatic carbocycles. The first-order valence-corrected chi connectivity index (χ1v) is 7.15. The molecule has 1 saturated carbocycles. The fraction of sp³-hybridized carbons (Fsp3) is 0.600. The number of hydrogen-bond donors (Lipinski definition) is 1. The molecule has 110 valence electrons. The van der Waals surface area contributed by atoms with Crippen molar-refractivity contribution in [2.75, 3.05) is 0 Å². The predicted octanol–water partition coefficient (Wildman–Crippen LogP) is 4.65. The van der Waals surface area contributed by atoms with Gasteiger partial charge >= 0.3 is 6.18 Å². The van der Waals surface area contributed by atoms with E-state index in [1.165, 1.54) is 0 Å². The second kappa shape index (κ2) is 4.14. The fourth-order valence-corrected chi connectivity index (χ4v) is 3.37. The average Bonchev–Trinajstić information content (AvgIpc) is 3.04. The summed E-state index contributed by atoms with van der Waals surface area (Å²) in [4.78, 5) is 0. The van der Waals surface area contributed by atoms with Crippen LogP contribution in [0.25, 0.3) is 0 Å². The summed E-state index contributed by atoms with van der Waals surface area (Å²) < 4.78 is 39.5. The van der Waals surface area contributed by atoms with Crippen molar-refractivity contribution in [1.29, 1.82) is 0 Å². The van der Waals surface area contributed by atoms with Crippen molar-refractivity contribution in [2.24, 2.45) is 5.41 Å². The number of rotatable bonds is 2. The smallest absolute Gasteiger partial charge is 0.296 e. The topological polar surface area (TPSA) is 12.0 Å². The second-order valence-electron chi connectivity index (χ2n) is 6.67. The Bertz CT molecular complexity index is 547. The average molecular weight is 304 g/mol. The summed E-state index contributed by atoms with van der Waals surface area (Å²) in [5, 5.41) is 3.47. The van der Waals surface area contributed by atoms with Crippen LogP contribution in [0.15, 0.2) is 18.2 Å². The number of hydrogen-bond acceptors (Lipinski definition) is 1. The highest BCUT2D eigenvalue weighted by molar-refractivity contribution is 6.30. The molecule has 1 fully saturated rings. The first kappa shape index (κ1) is 14.2. The van der Waals surface area contributed by atoms with Gasteiger partial charge in [-0.3, -0.25) is 5.32 Å². The Morgan fingerprint density at radius 1 is 1.25 bits per heavy atom. The quantitative estimate of drug-likeness (QED) is 0.838. The lowest BCUT2D eigenvalue weighted by Crippen LogP contribution is -2.49. The molecule has 2 aliphatic rings. The normalized spacial score (nSPS) is 26.4.